The van der Waals surface area contributed by atoms with Gasteiger partial charge in [0.05, 0.1) is 6.10 Å². The number of nitrogens with one attached hydrogen (secondary N) is 5. The quantitative estimate of drug-likeness (QED) is 0.0593. The number of carbonyl (C=O) groups excluding carboxylic acids is 6. The van der Waals surface area contributed by atoms with Crippen molar-refractivity contribution in [3.63, 3.8) is 0 Å². The number of hydrazine groups is 1. The van der Waals surface area contributed by atoms with Crippen molar-refractivity contribution < 1.29 is 63.1 Å². The molecule has 56 heavy (non-hydrogen) atoms. The van der Waals surface area contributed by atoms with Crippen LogP contribution < -0.4 is 26.7 Å². The number of carboxylic acids is 2. The lowest BCUT2D eigenvalue weighted by Crippen LogP contribution is -2.62. The number of aliphatic carboxylic acids is 2. The van der Waals surface area contributed by atoms with Crippen LogP contribution in [0.1, 0.15) is 51.2 Å². The van der Waals surface area contributed by atoms with Gasteiger partial charge in [0.1, 0.15) is 31.3 Å². The predicted molar refractivity (Wildman–Crippen MR) is 195 cm³/mol. The van der Waals surface area contributed by atoms with Crippen molar-refractivity contribution in [2.24, 2.45) is 5.92 Å². The van der Waals surface area contributed by atoms with Crippen molar-refractivity contribution in [2.45, 2.75) is 89.5 Å². The fourth-order valence-corrected chi connectivity index (χ4v) is 5.32. The van der Waals surface area contributed by atoms with E-state index < -0.39 is 103 Å². The molecule has 1 saturated heterocycles. The summed E-state index contributed by atoms with van der Waals surface area (Å²) >= 11 is 0. The zero-order valence-electron chi connectivity index (χ0n) is 31.1. The fraction of sp³-hybridized carbons (Fsp3) is 0.459. The van der Waals surface area contributed by atoms with Crippen LogP contribution in [0.4, 0.5) is 4.79 Å². The number of aliphatic hydroxyl groups is 1. The van der Waals surface area contributed by atoms with Crippen molar-refractivity contribution >= 4 is 47.6 Å². The molecule has 2 aromatic rings. The van der Waals surface area contributed by atoms with E-state index in [1.165, 1.54) is 0 Å². The summed E-state index contributed by atoms with van der Waals surface area (Å²) in [5.41, 5.74) is 3.67. The van der Waals surface area contributed by atoms with E-state index in [2.05, 4.69) is 21.3 Å². The van der Waals surface area contributed by atoms with Crippen LogP contribution in [0.5, 0.6) is 0 Å². The molecule has 1 unspecified atom stereocenters. The monoisotopic (exact) mass is 784 g/mol. The highest BCUT2D eigenvalue weighted by atomic mass is 16.6. The van der Waals surface area contributed by atoms with Crippen LogP contribution in [0, 0.1) is 5.92 Å². The third-order valence-electron chi connectivity index (χ3n) is 8.22. The third kappa shape index (κ3) is 15.0. The molecule has 19 heteroatoms. The van der Waals surface area contributed by atoms with Gasteiger partial charge in [-0.1, -0.05) is 74.5 Å². The largest absolute Gasteiger partial charge is 0.481 e. The Morgan fingerprint density at radius 2 is 1.38 bits per heavy atom. The molecule has 1 aliphatic rings. The van der Waals surface area contributed by atoms with Gasteiger partial charge in [0, 0.05) is 13.0 Å². The average Bonchev–Trinajstić information content (AvgIpc) is 3.95. The van der Waals surface area contributed by atoms with E-state index in [-0.39, 0.29) is 25.5 Å². The predicted octanol–water partition coefficient (Wildman–Crippen LogP) is -0.387. The van der Waals surface area contributed by atoms with Crippen molar-refractivity contribution in [1.29, 1.82) is 0 Å². The summed E-state index contributed by atoms with van der Waals surface area (Å²) in [5.74, 6) is -8.03. The Hall–Kier alpha value is -6.08. The average molecular weight is 785 g/mol. The maximum Gasteiger partial charge on any atom is 0.408 e. The van der Waals surface area contributed by atoms with Gasteiger partial charge < -0.3 is 46.1 Å². The number of benzene rings is 2. The first-order chi connectivity index (χ1) is 26.5. The van der Waals surface area contributed by atoms with Gasteiger partial charge >= 0.3 is 18.0 Å². The SMILES string of the molecule is CC(C)C[C@H](NC(=O)OCc1ccccc1)C(=O)NC(CCC(=O)O)C(=O)N[C@H](C(=O)NN(CC(=O)O)C(=O)[C@H]1O[C@@H]1C(=O)NCCc1ccccc1)[C@@H](C)O. The highest BCUT2D eigenvalue weighted by molar-refractivity contribution is 5.98. The Bertz CT molecular complexity index is 1690. The minimum atomic E-state index is -1.87. The number of epoxide rings is 1. The molecule has 1 heterocycles. The molecular weight excluding hydrogens is 736 g/mol. The first-order valence-electron chi connectivity index (χ1n) is 17.8. The molecular formula is C37H48N6O13. The van der Waals surface area contributed by atoms with Crippen LogP contribution in [0.15, 0.2) is 60.7 Å². The molecule has 1 aliphatic heterocycles. The Morgan fingerprint density at radius 1 is 0.768 bits per heavy atom. The zero-order chi connectivity index (χ0) is 41.4. The van der Waals surface area contributed by atoms with Crippen LogP contribution in [0.2, 0.25) is 0 Å². The van der Waals surface area contributed by atoms with Crippen molar-refractivity contribution in [1.82, 2.24) is 31.7 Å². The Morgan fingerprint density at radius 3 is 1.95 bits per heavy atom. The topological polar surface area (TPSA) is 282 Å². The molecule has 304 valence electrons. The summed E-state index contributed by atoms with van der Waals surface area (Å²) in [7, 11) is 0. The van der Waals surface area contributed by atoms with Crippen molar-refractivity contribution in [3.8, 4) is 0 Å². The second kappa shape index (κ2) is 21.7. The number of carbonyl (C=O) groups is 8. The molecule has 19 nitrogen and oxygen atoms in total. The highest BCUT2D eigenvalue weighted by Crippen LogP contribution is 2.24. The number of hydrogen-bond acceptors (Lipinski definition) is 11. The maximum absolute atomic E-state index is 13.5. The van der Waals surface area contributed by atoms with Crippen LogP contribution in [0.3, 0.4) is 0 Å². The molecule has 2 aromatic carbocycles. The minimum absolute atomic E-state index is 0.0899. The summed E-state index contributed by atoms with van der Waals surface area (Å²) in [6.07, 6.45) is -5.83. The second-order valence-corrected chi connectivity index (χ2v) is 13.4. The van der Waals surface area contributed by atoms with Gasteiger partial charge in [-0.15, -0.1) is 0 Å². The van der Waals surface area contributed by atoms with E-state index in [0.29, 0.717) is 17.0 Å². The number of amides is 6. The standard InChI is InChI=1S/C37H48N6O13/c1-21(2)18-26(40-37(54)55-20-24-12-8-5-9-13-24)33(50)39-25(14-15-27(45)46)32(49)41-29(22(3)44)34(51)42-43(19-28(47)48)36(53)31-30(56-31)35(52)38-17-16-23-10-6-4-7-11-23/h4-13,21-22,25-26,29-31,44H,14-20H2,1-3H3,(H,38,52)(H,39,50)(H,40,54)(H,41,49)(H,42,51)(H,45,46)(H,47,48)/t22-,25?,26+,29+,30+,31+/m1/s1. The molecule has 0 aliphatic carbocycles. The number of hydrogen-bond donors (Lipinski definition) is 8. The number of rotatable bonds is 21. The van der Waals surface area contributed by atoms with Gasteiger partial charge in [-0.2, -0.15) is 0 Å². The molecule has 6 atom stereocenters. The first-order valence-corrected chi connectivity index (χ1v) is 17.8. The summed E-state index contributed by atoms with van der Waals surface area (Å²) in [4.78, 5) is 102. The second-order valence-electron chi connectivity index (χ2n) is 13.4. The molecule has 8 N–H and O–H groups in total. The van der Waals surface area contributed by atoms with Gasteiger partial charge in [-0.25, -0.2) is 9.80 Å². The molecule has 0 radical (unpaired) electrons. The number of nitrogens with zero attached hydrogens (tertiary/aromatic N) is 1. The Balaban J connectivity index is 1.66. The summed E-state index contributed by atoms with van der Waals surface area (Å²) in [6.45, 7) is 3.68. The third-order valence-corrected chi connectivity index (χ3v) is 8.22. The van der Waals surface area contributed by atoms with E-state index in [0.717, 1.165) is 12.5 Å². The molecule has 6 amide bonds. The lowest BCUT2D eigenvalue weighted by Gasteiger charge is -2.28. The smallest absolute Gasteiger partial charge is 0.408 e. The van der Waals surface area contributed by atoms with E-state index in [1.807, 2.05) is 35.8 Å². The Kier molecular flexibility index (Phi) is 17.2. The molecule has 0 spiro atoms. The van der Waals surface area contributed by atoms with Gasteiger partial charge in [0.2, 0.25) is 11.8 Å². The van der Waals surface area contributed by atoms with Gasteiger partial charge in [-0.3, -0.25) is 39.0 Å². The molecule has 0 aromatic heterocycles. The van der Waals surface area contributed by atoms with E-state index in [9.17, 15) is 53.7 Å². The summed E-state index contributed by atoms with van der Waals surface area (Å²) in [6, 6.07) is 13.3. The van der Waals surface area contributed by atoms with Crippen LogP contribution in [-0.4, -0.2) is 117 Å². The maximum atomic E-state index is 13.5. The highest BCUT2D eigenvalue weighted by Gasteiger charge is 2.52. The van der Waals surface area contributed by atoms with E-state index in [1.54, 1.807) is 44.2 Å². The molecule has 1 fully saturated rings. The van der Waals surface area contributed by atoms with E-state index >= 15 is 0 Å². The number of alkyl carbamates (subject to hydrolysis) is 1. The summed E-state index contributed by atoms with van der Waals surface area (Å²) < 4.78 is 10.4. The molecule has 3 rings (SSSR count). The first kappa shape index (κ1) is 44.3. The van der Waals surface area contributed by atoms with E-state index in [4.69, 9.17) is 9.47 Å². The van der Waals surface area contributed by atoms with Crippen LogP contribution in [-0.2, 0) is 56.1 Å². The van der Waals surface area contributed by atoms with Gasteiger partial charge in [0.25, 0.3) is 17.7 Å². The van der Waals surface area contributed by atoms with Crippen LogP contribution in [0.25, 0.3) is 0 Å². The fourth-order valence-electron chi connectivity index (χ4n) is 5.32. The lowest BCUT2D eigenvalue weighted by atomic mass is 10.0. The lowest BCUT2D eigenvalue weighted by molar-refractivity contribution is -0.152. The Labute approximate surface area is 322 Å². The van der Waals surface area contributed by atoms with Gasteiger partial charge in [0.15, 0.2) is 12.2 Å². The molecule has 0 saturated carbocycles. The number of carboxylic acid groups (broad SMARTS) is 2. The van der Waals surface area contributed by atoms with Gasteiger partial charge in [-0.05, 0) is 43.2 Å². The minimum Gasteiger partial charge on any atom is -0.481 e. The summed E-state index contributed by atoms with van der Waals surface area (Å²) in [5, 5.41) is 39.2. The number of aliphatic hydroxyl groups excluding tert-OH is 1. The normalized spacial score (nSPS) is 16.5. The van der Waals surface area contributed by atoms with Crippen LogP contribution >= 0.6 is 0 Å². The van der Waals surface area contributed by atoms with Crippen molar-refractivity contribution in [3.05, 3.63) is 71.8 Å². The number of ether oxygens (including phenoxy) is 2. The zero-order valence-corrected chi connectivity index (χ0v) is 31.1. The molecule has 0 bridgehead atoms. The van der Waals surface area contributed by atoms with Crippen molar-refractivity contribution in [2.75, 3.05) is 13.1 Å².